The second-order valence-electron chi connectivity index (χ2n) is 5.08. The van der Waals surface area contributed by atoms with Gasteiger partial charge in [0, 0.05) is 24.9 Å². The minimum absolute atomic E-state index is 1.04. The van der Waals surface area contributed by atoms with Crippen molar-refractivity contribution in [1.82, 2.24) is 4.90 Å². The minimum Gasteiger partial charge on any atom is -0.374 e. The molecule has 0 amide bonds. The Hall–Kier alpha value is -1.76. The quantitative estimate of drug-likeness (QED) is 0.654. The van der Waals surface area contributed by atoms with E-state index < -0.39 is 0 Å². The van der Waals surface area contributed by atoms with Gasteiger partial charge >= 0.3 is 0 Å². The van der Waals surface area contributed by atoms with Crippen molar-refractivity contribution in [2.24, 2.45) is 0 Å². The van der Waals surface area contributed by atoms with Gasteiger partial charge in [-0.1, -0.05) is 49.9 Å². The van der Waals surface area contributed by atoms with Gasteiger partial charge in [-0.3, -0.25) is 0 Å². The maximum absolute atomic E-state index is 4.01. The molecular weight excluding hydrogens is 230 g/mol. The molecule has 0 saturated heterocycles. The molecule has 0 aliphatic heterocycles. The van der Waals surface area contributed by atoms with E-state index in [1.54, 1.807) is 0 Å². The Morgan fingerprint density at radius 3 is 2.53 bits per heavy atom. The molecule has 1 heteroatoms. The molecule has 0 aromatic heterocycles. The van der Waals surface area contributed by atoms with Crippen LogP contribution in [0.3, 0.4) is 0 Å². The number of hydrogen-bond donors (Lipinski definition) is 0. The van der Waals surface area contributed by atoms with Crippen LogP contribution in [-0.2, 0) is 0 Å². The monoisotopic (exact) mass is 255 g/mol. The lowest BCUT2D eigenvalue weighted by Crippen LogP contribution is -2.18. The fourth-order valence-electron chi connectivity index (χ4n) is 2.18. The third kappa shape index (κ3) is 4.13. The summed E-state index contributed by atoms with van der Waals surface area (Å²) in [7, 11) is 2.14. The smallest absolute Gasteiger partial charge is 0.0442 e. The predicted octanol–water partition coefficient (Wildman–Crippen LogP) is 4.90. The molecule has 0 radical (unpaired) electrons. The van der Waals surface area contributed by atoms with E-state index in [9.17, 15) is 0 Å². The summed E-state index contributed by atoms with van der Waals surface area (Å²) < 4.78 is 0. The molecule has 0 bridgehead atoms. The number of allylic oxidation sites excluding steroid dienone is 2. The van der Waals surface area contributed by atoms with Crippen molar-refractivity contribution in [1.29, 1.82) is 0 Å². The van der Waals surface area contributed by atoms with Crippen molar-refractivity contribution in [2.75, 3.05) is 13.6 Å². The van der Waals surface area contributed by atoms with Gasteiger partial charge in [0.2, 0.25) is 0 Å². The lowest BCUT2D eigenvalue weighted by molar-refractivity contribution is 0.476. The van der Waals surface area contributed by atoms with Crippen LogP contribution < -0.4 is 0 Å². The number of nitrogens with zero attached hydrogens (tertiary/aromatic N) is 1. The van der Waals surface area contributed by atoms with E-state index in [0.29, 0.717) is 0 Å². The van der Waals surface area contributed by atoms with Gasteiger partial charge < -0.3 is 4.90 Å². The first-order valence-corrected chi connectivity index (χ1v) is 6.81. The molecule has 0 N–H and O–H groups in total. The van der Waals surface area contributed by atoms with Crippen LogP contribution in [0.1, 0.15) is 37.0 Å². The first-order chi connectivity index (χ1) is 8.99. The predicted molar refractivity (Wildman–Crippen MR) is 87.0 cm³/mol. The van der Waals surface area contributed by atoms with Crippen LogP contribution in [0.25, 0.3) is 11.8 Å². The summed E-state index contributed by atoms with van der Waals surface area (Å²) in [6.07, 6.45) is 5.17. The molecular formula is C18H25N. The normalized spacial score (nSPS) is 11.3. The van der Waals surface area contributed by atoms with Gasteiger partial charge in [0.1, 0.15) is 0 Å². The van der Waals surface area contributed by atoms with Crippen LogP contribution in [0.15, 0.2) is 43.0 Å². The third-order valence-corrected chi connectivity index (χ3v) is 3.12. The maximum atomic E-state index is 4.01. The van der Waals surface area contributed by atoms with Crippen molar-refractivity contribution in [3.63, 3.8) is 0 Å². The molecule has 102 valence electrons. The van der Waals surface area contributed by atoms with E-state index in [2.05, 4.69) is 63.2 Å². The largest absolute Gasteiger partial charge is 0.374 e. The molecule has 0 spiro atoms. The highest BCUT2D eigenvalue weighted by Crippen LogP contribution is 2.24. The summed E-state index contributed by atoms with van der Waals surface area (Å²) in [5, 5.41) is 0. The lowest BCUT2D eigenvalue weighted by Gasteiger charge is -2.24. The Bertz CT molecular complexity index is 494. The van der Waals surface area contributed by atoms with E-state index in [1.807, 2.05) is 13.0 Å². The van der Waals surface area contributed by atoms with Crippen molar-refractivity contribution >= 4 is 11.8 Å². The molecule has 1 aromatic carbocycles. The summed E-state index contributed by atoms with van der Waals surface area (Å²) in [6.45, 7) is 15.3. The fraction of sp³-hybridized carbons (Fsp3) is 0.333. The SMILES string of the molecule is C=Cc1ccc(/C(=C\C(=C)C)N(C)CCC)c(C)c1. The van der Waals surface area contributed by atoms with Gasteiger partial charge in [-0.05, 0) is 37.5 Å². The van der Waals surface area contributed by atoms with Gasteiger partial charge in [-0.25, -0.2) is 0 Å². The summed E-state index contributed by atoms with van der Waals surface area (Å²) >= 11 is 0. The summed E-state index contributed by atoms with van der Waals surface area (Å²) in [5.41, 5.74) is 6.01. The summed E-state index contributed by atoms with van der Waals surface area (Å²) in [4.78, 5) is 2.30. The number of rotatable bonds is 6. The van der Waals surface area contributed by atoms with E-state index >= 15 is 0 Å². The van der Waals surface area contributed by atoms with Crippen molar-refractivity contribution in [3.8, 4) is 0 Å². The number of benzene rings is 1. The molecule has 19 heavy (non-hydrogen) atoms. The average Bonchev–Trinajstić information content (AvgIpc) is 2.36. The van der Waals surface area contributed by atoms with E-state index in [0.717, 1.165) is 24.1 Å². The van der Waals surface area contributed by atoms with Gasteiger partial charge in [0.05, 0.1) is 0 Å². The zero-order valence-electron chi connectivity index (χ0n) is 12.7. The average molecular weight is 255 g/mol. The highest BCUT2D eigenvalue weighted by molar-refractivity contribution is 5.70. The molecule has 0 heterocycles. The molecule has 1 nitrogen and oxygen atoms in total. The van der Waals surface area contributed by atoms with Crippen molar-refractivity contribution in [3.05, 3.63) is 59.7 Å². The van der Waals surface area contributed by atoms with Crippen LogP contribution in [0.5, 0.6) is 0 Å². The van der Waals surface area contributed by atoms with Gasteiger partial charge in [0.25, 0.3) is 0 Å². The Morgan fingerprint density at radius 1 is 1.37 bits per heavy atom. The van der Waals surface area contributed by atoms with Crippen LogP contribution in [0.4, 0.5) is 0 Å². The zero-order chi connectivity index (χ0) is 14.4. The van der Waals surface area contributed by atoms with Crippen LogP contribution in [0, 0.1) is 6.92 Å². The molecule has 1 aromatic rings. The van der Waals surface area contributed by atoms with Crippen LogP contribution in [-0.4, -0.2) is 18.5 Å². The highest BCUT2D eigenvalue weighted by Gasteiger charge is 2.09. The number of aryl methyl sites for hydroxylation is 1. The summed E-state index contributed by atoms with van der Waals surface area (Å²) in [5.74, 6) is 0. The molecule has 0 atom stereocenters. The van der Waals surface area contributed by atoms with Gasteiger partial charge in [-0.2, -0.15) is 0 Å². The summed E-state index contributed by atoms with van der Waals surface area (Å²) in [6, 6.07) is 6.46. The molecule has 0 aliphatic carbocycles. The Kier molecular flexibility index (Phi) is 5.62. The first kappa shape index (κ1) is 15.3. The maximum Gasteiger partial charge on any atom is 0.0442 e. The molecule has 0 aliphatic rings. The number of hydrogen-bond acceptors (Lipinski definition) is 1. The van der Waals surface area contributed by atoms with Crippen molar-refractivity contribution in [2.45, 2.75) is 27.2 Å². The van der Waals surface area contributed by atoms with Crippen molar-refractivity contribution < 1.29 is 0 Å². The highest BCUT2D eigenvalue weighted by atomic mass is 15.1. The van der Waals surface area contributed by atoms with E-state index in [1.165, 1.54) is 16.8 Å². The lowest BCUT2D eigenvalue weighted by atomic mass is 10.0. The standard InChI is InChI=1S/C18H25N/c1-7-11-19(6)18(12-14(3)4)17-10-9-16(8-2)13-15(17)5/h8-10,12-13H,2-3,7,11H2,1,4-6H3/b18-12+. The Balaban J connectivity index is 3.25. The van der Waals surface area contributed by atoms with Gasteiger partial charge in [-0.15, -0.1) is 0 Å². The third-order valence-electron chi connectivity index (χ3n) is 3.12. The molecule has 0 fully saturated rings. The zero-order valence-corrected chi connectivity index (χ0v) is 12.7. The van der Waals surface area contributed by atoms with Crippen LogP contribution in [0.2, 0.25) is 0 Å². The topological polar surface area (TPSA) is 3.24 Å². The minimum atomic E-state index is 1.04. The fourth-order valence-corrected chi connectivity index (χ4v) is 2.18. The van der Waals surface area contributed by atoms with Gasteiger partial charge in [0.15, 0.2) is 0 Å². The molecule has 0 unspecified atom stereocenters. The van der Waals surface area contributed by atoms with Crippen LogP contribution >= 0.6 is 0 Å². The molecule has 1 rings (SSSR count). The first-order valence-electron chi connectivity index (χ1n) is 6.81. The second-order valence-corrected chi connectivity index (χ2v) is 5.08. The molecule has 0 saturated carbocycles. The second kappa shape index (κ2) is 6.98. The Labute approximate surface area is 118 Å². The van der Waals surface area contributed by atoms with E-state index in [4.69, 9.17) is 0 Å². The van der Waals surface area contributed by atoms with E-state index in [-0.39, 0.29) is 0 Å². The Morgan fingerprint density at radius 2 is 2.05 bits per heavy atom.